The summed E-state index contributed by atoms with van der Waals surface area (Å²) in [6, 6.07) is -2.31. The highest BCUT2D eigenvalue weighted by molar-refractivity contribution is 6.01. The highest BCUT2D eigenvalue weighted by Gasteiger charge is 2.45. The topological polar surface area (TPSA) is 764 Å². The molecule has 0 unspecified atom stereocenters. The van der Waals surface area contributed by atoms with Crippen LogP contribution in [0, 0.1) is 5.41 Å². The molecule has 2 fully saturated rings. The van der Waals surface area contributed by atoms with Gasteiger partial charge in [-0.25, -0.2) is 10.5 Å². The second kappa shape index (κ2) is 67.8. The minimum Gasteiger partial charge on any atom is -0.480 e. The number of primary amides is 2. The number of nitrogens with one attached hydrogen (secondary N) is 19. The highest BCUT2D eigenvalue weighted by Crippen LogP contribution is 2.25. The number of ether oxygens (including phenoxy) is 2. The van der Waals surface area contributed by atoms with Gasteiger partial charge in [-0.1, -0.05) is 152 Å². The zero-order chi connectivity index (χ0) is 107. The Morgan fingerprint density at radius 3 is 1.83 bits per heavy atom. The first-order chi connectivity index (χ1) is 71.2. The third-order valence-corrected chi connectivity index (χ3v) is 25.3. The van der Waals surface area contributed by atoms with E-state index in [0.717, 1.165) is 54.2 Å². The number of aliphatic hydroxyl groups excluding tert-OH is 2. The number of carbonyl (C=O) groups excluding carboxylic acids is 16. The van der Waals surface area contributed by atoms with Gasteiger partial charge in [-0.3, -0.25) is 102 Å². The molecule has 50 heteroatoms. The fraction of sp³-hybridized carbons (Fsp3) is 0.622. The van der Waals surface area contributed by atoms with Crippen molar-refractivity contribution in [2.45, 2.75) is 311 Å². The average Bonchev–Trinajstić information content (AvgIpc) is 1.67. The average molecular weight is 2080 g/mol. The molecule has 50 nitrogen and oxygen atoms in total. The highest BCUT2D eigenvalue weighted by atomic mass is 16.5. The Morgan fingerprint density at radius 1 is 0.574 bits per heavy atom. The minimum absolute atomic E-state index is 0.0225. The van der Waals surface area contributed by atoms with Crippen molar-refractivity contribution in [2.24, 2.45) is 22.3 Å². The molecule has 0 saturated carbocycles. The number of hydrazone groups is 1. The van der Waals surface area contributed by atoms with Crippen molar-refractivity contribution in [3.63, 3.8) is 0 Å². The number of H-pyrrole nitrogens is 2. The number of Topliss-reactive ketones (excluding diaryl/α,β-unsaturated/α-hetero) is 1. The second-order valence-corrected chi connectivity index (χ2v) is 37.3. The molecule has 3 aliphatic rings. The quantitative estimate of drug-likeness (QED) is 0.0128. The van der Waals surface area contributed by atoms with Crippen molar-refractivity contribution < 1.29 is 116 Å². The van der Waals surface area contributed by atoms with Gasteiger partial charge in [0.15, 0.2) is 5.96 Å². The van der Waals surface area contributed by atoms with Gasteiger partial charge in [-0.05, 0) is 101 Å². The number of rotatable bonds is 64. The standard InChI is InChI=1S/C98H152N26O24/c1-2-3-32-70(89(138)115-74-40-39-65(126)30-19-16-20-34-69(87(100)136)110-93(142)76(50-63-53-106-68-33-24-23-31-67(63)68)116-90(139)72(36-27-43-105-98(101)102)113-92(141)75(49-62-28-17-15-18-29-62)118-96(145)79-52-66(127)56-124(79)97(74)146)111-88(137)71(35-25-26-45-123(57-85(132)133)58-86(134)135)112-94(143)77(51-64-54-103-61-108-64)117-91(140)73(41-42-80(99)128)114-95(144)78(59-125)109-83(130)55-107-84(131)60-148-48-47-147-46-44-104-82(129)38-22-14-12-10-8-6-4-5-7-9-11-13-21-37-81-119-121-122-120-81/h15,17-18,23-24,28-29,31,33,53-54,61,66,69-79,106,121-122,125,127H,2-14,16,19-22,25-27,30,32,34-52,55-60H2,1H3,(H2,99,128)(H2,100,136)(H,103,108)(H,104,129)(H,107,131)(H,109,130)(H,110,142)(H,111,137)(H,112,143)(H,113,141)(H,114,144)(H,115,138)(H,116,139)(H,117,140)(H,118,145)(H,119,120)(H,132,133)(H,134,135)(H4,101,102,105)/t66-,69+,70+,71+,72+,73+,74+,75-,76+,77+,78+,79+/m1/s1. The number of amidine groups is 1. The van der Waals surface area contributed by atoms with Crippen LogP contribution in [0.25, 0.3) is 10.9 Å². The lowest BCUT2D eigenvalue weighted by atomic mass is 9.99. The summed E-state index contributed by atoms with van der Waals surface area (Å²) in [5.74, 6) is -16.6. The van der Waals surface area contributed by atoms with E-state index in [4.69, 9.17) is 32.1 Å². The largest absolute Gasteiger partial charge is 0.480 e. The lowest BCUT2D eigenvalue weighted by Gasteiger charge is -2.31. The number of hydrogen-bond acceptors (Lipinski definition) is 29. The molecule has 2 saturated heterocycles. The molecule has 0 spiro atoms. The van der Waals surface area contributed by atoms with Crippen LogP contribution in [0.4, 0.5) is 0 Å². The number of fused-ring (bicyclic) bond motifs is 2. The van der Waals surface area contributed by atoms with Crippen molar-refractivity contribution in [1.29, 1.82) is 5.41 Å². The SMILES string of the molecule is CCCC[C@H](NC(=O)[C@H](CCCCN(CC(=O)O)CC(=O)O)NC(=O)[C@H](Cc1c[nH]cn1)NC(=O)[C@H](CCC(N)=O)NC(=O)[C@H](CO)NC(=O)CNC(=O)COCCOCCNC(=O)CCCCCCCCCCCCCCCC1=NNNN1)C(=O)N[C@H]1CCC(=O)CCCCC[C@@H](C(N)=O)NC(=O)[C@H](Cc2c[nH]c3ccccc23)NC(=O)[C@H](CCCNC(=N)N)NC(=O)[C@@H](Cc2ccccc2)NC(=O)[C@@H]2C[C@@H](O)CN2C1=O. The Balaban J connectivity index is 1.03. The van der Waals surface area contributed by atoms with Crippen LogP contribution in [0.2, 0.25) is 0 Å². The molecule has 3 aliphatic heterocycles. The maximum atomic E-state index is 15.6. The Hall–Kier alpha value is -13.9. The number of carbonyl (C=O) groups is 18. The summed E-state index contributed by atoms with van der Waals surface area (Å²) in [6.45, 7) is -2.22. The van der Waals surface area contributed by atoms with E-state index in [-0.39, 0.29) is 141 Å². The summed E-state index contributed by atoms with van der Waals surface area (Å²) in [7, 11) is 0. The molecular formula is C98H152N26O24. The smallest absolute Gasteiger partial charge is 0.317 e. The van der Waals surface area contributed by atoms with Gasteiger partial charge in [-0.15, -0.1) is 10.6 Å². The van der Waals surface area contributed by atoms with E-state index in [1.54, 1.807) is 67.7 Å². The first-order valence-electron chi connectivity index (χ1n) is 51.2. The number of unbranched alkanes of at least 4 members (excludes halogenated alkanes) is 14. The van der Waals surface area contributed by atoms with E-state index in [9.17, 15) is 78.0 Å². The molecule has 148 heavy (non-hydrogen) atoms. The maximum absolute atomic E-state index is 15.6. The van der Waals surface area contributed by atoms with Crippen molar-refractivity contribution in [1.82, 2.24) is 110 Å². The van der Waals surface area contributed by atoms with Crippen LogP contribution in [-0.2, 0) is 115 Å². The summed E-state index contributed by atoms with van der Waals surface area (Å²) in [4.78, 5) is 264. The molecule has 29 N–H and O–H groups in total. The van der Waals surface area contributed by atoms with Crippen LogP contribution in [0.5, 0.6) is 0 Å². The summed E-state index contributed by atoms with van der Waals surface area (Å²) >= 11 is 0. The fourth-order valence-electron chi connectivity index (χ4n) is 17.2. The number of carboxylic acids is 2. The van der Waals surface area contributed by atoms with Crippen LogP contribution >= 0.6 is 0 Å². The van der Waals surface area contributed by atoms with Gasteiger partial charge in [0.05, 0.1) is 64.2 Å². The third-order valence-electron chi connectivity index (χ3n) is 25.3. The summed E-state index contributed by atoms with van der Waals surface area (Å²) < 4.78 is 10.9. The van der Waals surface area contributed by atoms with Gasteiger partial charge >= 0.3 is 11.9 Å². The fourth-order valence-corrected chi connectivity index (χ4v) is 17.2. The van der Waals surface area contributed by atoms with Crippen LogP contribution in [0.15, 0.2) is 78.4 Å². The lowest BCUT2D eigenvalue weighted by Crippen LogP contribution is -2.61. The number of aliphatic carboxylic acids is 2. The third kappa shape index (κ3) is 46.9. The number of benzene rings is 2. The number of hydrazine groups is 2. The number of nitrogens with zero attached hydrogens (tertiary/aromatic N) is 4. The number of carboxylic acid groups (broad SMARTS) is 2. The number of aromatic amines is 2. The summed E-state index contributed by atoms with van der Waals surface area (Å²) in [5.41, 5.74) is 27.4. The number of guanidine groups is 1. The number of aliphatic hydroxyl groups is 2. The Labute approximate surface area is 859 Å². The van der Waals surface area contributed by atoms with Gasteiger partial charge in [0, 0.05) is 101 Å². The van der Waals surface area contributed by atoms with Crippen LogP contribution < -0.4 is 103 Å². The molecule has 0 aliphatic carbocycles. The van der Waals surface area contributed by atoms with Gasteiger partial charge in [0.2, 0.25) is 88.6 Å². The molecule has 2 aromatic heterocycles. The van der Waals surface area contributed by atoms with Gasteiger partial charge in [0.1, 0.15) is 84.7 Å². The molecule has 0 radical (unpaired) electrons. The van der Waals surface area contributed by atoms with Crippen molar-refractivity contribution in [3.05, 3.63) is 90.1 Å². The summed E-state index contributed by atoms with van der Waals surface area (Å²) in [5, 5.41) is 87.6. The monoisotopic (exact) mass is 2080 g/mol. The van der Waals surface area contributed by atoms with E-state index >= 15 is 28.8 Å². The van der Waals surface area contributed by atoms with E-state index in [1.165, 1.54) is 63.9 Å². The number of ketones is 1. The molecule has 7 rings (SSSR count). The normalized spacial score (nSPS) is 18.6. The minimum atomic E-state index is -1.81. The van der Waals surface area contributed by atoms with Crippen LogP contribution in [0.1, 0.15) is 236 Å². The zero-order valence-electron chi connectivity index (χ0n) is 84.3. The van der Waals surface area contributed by atoms with E-state index in [0.29, 0.717) is 34.9 Å². The van der Waals surface area contributed by atoms with Crippen LogP contribution in [0.3, 0.4) is 0 Å². The first-order valence-corrected chi connectivity index (χ1v) is 51.2. The van der Waals surface area contributed by atoms with E-state index < -0.39 is 257 Å². The number of nitrogens with two attached hydrogens (primary N) is 3. The molecular weight excluding hydrogens is 1930 g/mol. The van der Waals surface area contributed by atoms with Gasteiger partial charge in [0.25, 0.3) is 0 Å². The Kier molecular flexibility index (Phi) is 55.5. The Bertz CT molecular complexity index is 4960. The number of imidazole rings is 1. The van der Waals surface area contributed by atoms with E-state index in [1.807, 2.05) is 0 Å². The van der Waals surface area contributed by atoms with Crippen LogP contribution in [-0.4, -0.2) is 315 Å². The molecule has 4 aromatic rings. The van der Waals surface area contributed by atoms with Gasteiger partial charge < -0.3 is 131 Å². The maximum Gasteiger partial charge on any atom is 0.317 e. The molecule has 0 bridgehead atoms. The molecule has 818 valence electrons. The predicted octanol–water partition coefficient (Wildman–Crippen LogP) is -2.08. The zero-order valence-corrected chi connectivity index (χ0v) is 84.3. The molecule has 2 aromatic carbocycles. The number of amides is 15. The second-order valence-electron chi connectivity index (χ2n) is 37.3. The van der Waals surface area contributed by atoms with Crippen molar-refractivity contribution >= 4 is 129 Å². The van der Waals surface area contributed by atoms with Gasteiger partial charge in [-0.2, -0.15) is 0 Å². The first kappa shape index (κ1) is 121. The number of hydrogen-bond donors (Lipinski definition) is 26. The number of para-hydroxylation sites is 1. The van der Waals surface area contributed by atoms with Crippen molar-refractivity contribution in [2.75, 3.05) is 78.8 Å². The van der Waals surface area contributed by atoms with E-state index in [2.05, 4.69) is 106 Å². The molecule has 12 atom stereocenters. The predicted molar refractivity (Wildman–Crippen MR) is 540 cm³/mol. The van der Waals surface area contributed by atoms with Crippen molar-refractivity contribution in [3.8, 4) is 0 Å². The molecule has 5 heterocycles. The lowest BCUT2D eigenvalue weighted by molar-refractivity contribution is -0.143. The number of aromatic nitrogens is 3. The Morgan fingerprint density at radius 2 is 1.18 bits per heavy atom. The molecule has 15 amide bonds. The summed E-state index contributed by atoms with van der Waals surface area (Å²) in [6.07, 6.45) is 16.2.